The summed E-state index contributed by atoms with van der Waals surface area (Å²) in [6.45, 7) is 13.7. The summed E-state index contributed by atoms with van der Waals surface area (Å²) in [5.41, 5.74) is 0. The largest absolute Gasteiger partial charge is 0.481 e. The monoisotopic (exact) mass is 248 g/mol. The van der Waals surface area contributed by atoms with Crippen molar-refractivity contribution in [1.82, 2.24) is 0 Å². The molecule has 3 nitrogen and oxygen atoms in total. The second kappa shape index (κ2) is 17.8. The number of carboxylic acids is 1. The van der Waals surface area contributed by atoms with Gasteiger partial charge in [0.25, 0.3) is 5.97 Å². The molecule has 0 aromatic carbocycles. The minimum absolute atomic E-state index is 0.375. The molecule has 106 valence electrons. The topological polar surface area (TPSA) is 46.5 Å². The quantitative estimate of drug-likeness (QED) is 0.729. The third kappa shape index (κ3) is 67.3. The standard InChI is InChI=1S/C6H14O.C6H14.C2H4O2/c1-5(2)7-6(3)4;1-3-5-6-4-2;1-2(3)4/h5-6H,1-4H3;3-6H2,1-2H3;1H3,(H,3,4). The van der Waals surface area contributed by atoms with Crippen LogP contribution in [0.2, 0.25) is 0 Å². The molecule has 0 aromatic heterocycles. The summed E-state index contributed by atoms with van der Waals surface area (Å²) >= 11 is 0. The summed E-state index contributed by atoms with van der Waals surface area (Å²) in [6.07, 6.45) is 6.29. The number of carbonyl (C=O) groups is 1. The summed E-state index contributed by atoms with van der Waals surface area (Å²) in [7, 11) is 0. The van der Waals surface area contributed by atoms with Crippen LogP contribution in [-0.2, 0) is 9.53 Å². The molecule has 0 fully saturated rings. The molecule has 0 bridgehead atoms. The molecular formula is C14H32O3. The van der Waals surface area contributed by atoms with E-state index in [4.69, 9.17) is 14.6 Å². The van der Waals surface area contributed by atoms with Gasteiger partial charge in [-0.15, -0.1) is 0 Å². The predicted molar refractivity (Wildman–Crippen MR) is 74.5 cm³/mol. The van der Waals surface area contributed by atoms with Crippen molar-refractivity contribution in [2.45, 2.75) is 86.4 Å². The van der Waals surface area contributed by atoms with Crippen LogP contribution in [-0.4, -0.2) is 23.3 Å². The zero-order chi connectivity index (χ0) is 14.3. The van der Waals surface area contributed by atoms with Crippen LogP contribution in [0.5, 0.6) is 0 Å². The number of carboxylic acid groups (broad SMARTS) is 1. The van der Waals surface area contributed by atoms with Crippen LogP contribution < -0.4 is 0 Å². The minimum atomic E-state index is -0.833. The first-order valence-electron chi connectivity index (χ1n) is 6.62. The molecule has 1 N–H and O–H groups in total. The first kappa shape index (κ1) is 21.7. The van der Waals surface area contributed by atoms with E-state index in [1.54, 1.807) is 0 Å². The van der Waals surface area contributed by atoms with Crippen molar-refractivity contribution in [3.63, 3.8) is 0 Å². The van der Waals surface area contributed by atoms with Gasteiger partial charge in [0, 0.05) is 6.92 Å². The zero-order valence-electron chi connectivity index (χ0n) is 12.7. The fourth-order valence-corrected chi connectivity index (χ4v) is 1.04. The molecule has 0 amide bonds. The first-order valence-corrected chi connectivity index (χ1v) is 6.62. The van der Waals surface area contributed by atoms with Gasteiger partial charge in [-0.1, -0.05) is 39.5 Å². The zero-order valence-corrected chi connectivity index (χ0v) is 12.7. The predicted octanol–water partition coefficient (Wildman–Crippen LogP) is 4.50. The molecule has 0 radical (unpaired) electrons. The molecule has 0 aliphatic carbocycles. The van der Waals surface area contributed by atoms with Gasteiger partial charge < -0.3 is 9.84 Å². The number of aliphatic carboxylic acids is 1. The Labute approximate surface area is 108 Å². The summed E-state index contributed by atoms with van der Waals surface area (Å²) in [4.78, 5) is 9.00. The lowest BCUT2D eigenvalue weighted by Crippen LogP contribution is -2.09. The maximum Gasteiger partial charge on any atom is 0.300 e. The van der Waals surface area contributed by atoms with Gasteiger partial charge in [-0.05, 0) is 27.7 Å². The van der Waals surface area contributed by atoms with Crippen LogP contribution in [0, 0.1) is 0 Å². The van der Waals surface area contributed by atoms with E-state index in [1.165, 1.54) is 25.7 Å². The Morgan fingerprint density at radius 1 is 1.00 bits per heavy atom. The molecule has 0 rings (SSSR count). The summed E-state index contributed by atoms with van der Waals surface area (Å²) in [5.74, 6) is -0.833. The highest BCUT2D eigenvalue weighted by Crippen LogP contribution is 1.95. The first-order chi connectivity index (χ1) is 7.77. The van der Waals surface area contributed by atoms with Crippen LogP contribution >= 0.6 is 0 Å². The van der Waals surface area contributed by atoms with Gasteiger partial charge in [-0.2, -0.15) is 0 Å². The SMILES string of the molecule is CC(=O)O.CC(C)OC(C)C.CCCCCC. The van der Waals surface area contributed by atoms with E-state index in [-0.39, 0.29) is 0 Å². The van der Waals surface area contributed by atoms with Crippen molar-refractivity contribution in [2.75, 3.05) is 0 Å². The van der Waals surface area contributed by atoms with Gasteiger partial charge in [0.1, 0.15) is 0 Å². The molecule has 0 heterocycles. The van der Waals surface area contributed by atoms with Crippen molar-refractivity contribution >= 4 is 5.97 Å². The van der Waals surface area contributed by atoms with Crippen LogP contribution in [0.3, 0.4) is 0 Å². The molecule has 0 aromatic rings. The van der Waals surface area contributed by atoms with Crippen LogP contribution in [0.25, 0.3) is 0 Å². The lowest BCUT2D eigenvalue weighted by atomic mass is 10.2. The number of rotatable bonds is 5. The number of unbranched alkanes of at least 4 members (excludes halogenated alkanes) is 3. The van der Waals surface area contributed by atoms with E-state index < -0.39 is 5.97 Å². The molecule has 0 saturated carbocycles. The Balaban J connectivity index is -0.000000180. The van der Waals surface area contributed by atoms with E-state index in [9.17, 15) is 0 Å². The Hall–Kier alpha value is -0.570. The van der Waals surface area contributed by atoms with Crippen LogP contribution in [0.1, 0.15) is 74.1 Å². The van der Waals surface area contributed by atoms with E-state index in [0.29, 0.717) is 12.2 Å². The van der Waals surface area contributed by atoms with Gasteiger partial charge in [-0.25, -0.2) is 0 Å². The molecule has 0 aliphatic heterocycles. The van der Waals surface area contributed by atoms with Gasteiger partial charge in [0.2, 0.25) is 0 Å². The van der Waals surface area contributed by atoms with Crippen LogP contribution in [0.15, 0.2) is 0 Å². The Morgan fingerprint density at radius 3 is 1.29 bits per heavy atom. The average Bonchev–Trinajstić information content (AvgIpc) is 2.12. The van der Waals surface area contributed by atoms with Crippen molar-refractivity contribution < 1.29 is 14.6 Å². The van der Waals surface area contributed by atoms with Gasteiger partial charge in [-0.3, -0.25) is 4.79 Å². The minimum Gasteiger partial charge on any atom is -0.481 e. The lowest BCUT2D eigenvalue weighted by molar-refractivity contribution is -0.134. The molecular weight excluding hydrogens is 216 g/mol. The number of hydrogen-bond donors (Lipinski definition) is 1. The van der Waals surface area contributed by atoms with Gasteiger partial charge >= 0.3 is 0 Å². The maximum atomic E-state index is 9.00. The normalized spacial score (nSPS) is 9.24. The third-order valence-electron chi connectivity index (χ3n) is 1.50. The summed E-state index contributed by atoms with van der Waals surface area (Å²) in [5, 5.41) is 7.42. The number of hydrogen-bond acceptors (Lipinski definition) is 2. The van der Waals surface area contributed by atoms with Crippen molar-refractivity contribution in [3.05, 3.63) is 0 Å². The molecule has 0 saturated heterocycles. The third-order valence-corrected chi connectivity index (χ3v) is 1.50. The van der Waals surface area contributed by atoms with Gasteiger partial charge in [0.05, 0.1) is 12.2 Å². The average molecular weight is 248 g/mol. The van der Waals surface area contributed by atoms with E-state index >= 15 is 0 Å². The van der Waals surface area contributed by atoms with Crippen molar-refractivity contribution in [3.8, 4) is 0 Å². The highest BCUT2D eigenvalue weighted by Gasteiger charge is 1.94. The van der Waals surface area contributed by atoms with Crippen molar-refractivity contribution in [1.29, 1.82) is 0 Å². The smallest absolute Gasteiger partial charge is 0.300 e. The molecule has 0 atom stereocenters. The highest BCUT2D eigenvalue weighted by molar-refractivity contribution is 5.62. The van der Waals surface area contributed by atoms with Crippen molar-refractivity contribution in [2.24, 2.45) is 0 Å². The van der Waals surface area contributed by atoms with Crippen LogP contribution in [0.4, 0.5) is 0 Å². The highest BCUT2D eigenvalue weighted by atomic mass is 16.5. The number of ether oxygens (including phenoxy) is 1. The molecule has 3 heteroatoms. The maximum absolute atomic E-state index is 9.00. The van der Waals surface area contributed by atoms with E-state index in [2.05, 4.69) is 13.8 Å². The Kier molecular flexibility index (Phi) is 22.7. The molecule has 0 aliphatic rings. The van der Waals surface area contributed by atoms with E-state index in [1.807, 2.05) is 27.7 Å². The Morgan fingerprint density at radius 2 is 1.24 bits per heavy atom. The fourth-order valence-electron chi connectivity index (χ4n) is 1.04. The molecule has 17 heavy (non-hydrogen) atoms. The summed E-state index contributed by atoms with van der Waals surface area (Å²) in [6, 6.07) is 0. The Bertz CT molecular complexity index is 128. The second-order valence-corrected chi connectivity index (χ2v) is 4.46. The second-order valence-electron chi connectivity index (χ2n) is 4.46. The lowest BCUT2D eigenvalue weighted by Gasteiger charge is -2.09. The van der Waals surface area contributed by atoms with Gasteiger partial charge in [0.15, 0.2) is 0 Å². The van der Waals surface area contributed by atoms with E-state index in [0.717, 1.165) is 6.92 Å². The molecule has 0 unspecified atom stereocenters. The molecule has 0 spiro atoms. The summed E-state index contributed by atoms with van der Waals surface area (Å²) < 4.78 is 5.25. The fraction of sp³-hybridized carbons (Fsp3) is 0.929.